The third kappa shape index (κ3) is 3.12. The summed E-state index contributed by atoms with van der Waals surface area (Å²) in [7, 11) is 0. The fourth-order valence-electron chi connectivity index (χ4n) is 3.49. The van der Waals surface area contributed by atoms with E-state index in [4.69, 9.17) is 5.73 Å². The predicted molar refractivity (Wildman–Crippen MR) is 91.1 cm³/mol. The summed E-state index contributed by atoms with van der Waals surface area (Å²) in [5, 5.41) is 0. The molecule has 1 aliphatic carbocycles. The molecule has 1 saturated heterocycles. The summed E-state index contributed by atoms with van der Waals surface area (Å²) >= 11 is 2.25. The minimum Gasteiger partial charge on any atom is -0.338 e. The van der Waals surface area contributed by atoms with Crippen LogP contribution in [0.25, 0.3) is 0 Å². The summed E-state index contributed by atoms with van der Waals surface area (Å²) in [6, 6.07) is 8.12. The molecular formula is C15H20ClIN2O. The summed E-state index contributed by atoms with van der Waals surface area (Å²) in [5.74, 6) is 1.30. The number of likely N-dealkylation sites (tertiary alicyclic amines) is 1. The standard InChI is InChI=1S/C15H19IN2O.ClH/c16-12-5-1-3-10(7-12)15(19)18-8-11-4-2-6-14(17)13(11)9-18;/h1,3,5,7,11,13-14H,2,4,6,8-9,17H2;1H. The molecule has 2 aliphatic rings. The van der Waals surface area contributed by atoms with Gasteiger partial charge in [-0.3, -0.25) is 4.79 Å². The highest BCUT2D eigenvalue weighted by atomic mass is 127. The Hall–Kier alpha value is -0.330. The van der Waals surface area contributed by atoms with Crippen molar-refractivity contribution in [1.82, 2.24) is 4.90 Å². The molecule has 3 nitrogen and oxygen atoms in total. The van der Waals surface area contributed by atoms with Gasteiger partial charge in [-0.25, -0.2) is 0 Å². The highest BCUT2D eigenvalue weighted by Crippen LogP contribution is 2.36. The lowest BCUT2D eigenvalue weighted by molar-refractivity contribution is 0.0783. The van der Waals surface area contributed by atoms with Gasteiger partial charge in [0.1, 0.15) is 0 Å². The zero-order chi connectivity index (χ0) is 13.4. The van der Waals surface area contributed by atoms with Gasteiger partial charge in [0.25, 0.3) is 5.91 Å². The zero-order valence-electron chi connectivity index (χ0n) is 11.3. The molecule has 0 bridgehead atoms. The molecule has 3 rings (SSSR count). The predicted octanol–water partition coefficient (Wildman–Crippen LogP) is 2.91. The highest BCUT2D eigenvalue weighted by molar-refractivity contribution is 14.1. The minimum absolute atomic E-state index is 0. The van der Waals surface area contributed by atoms with Gasteiger partial charge in [-0.15, -0.1) is 12.4 Å². The van der Waals surface area contributed by atoms with E-state index in [-0.39, 0.29) is 24.4 Å². The van der Waals surface area contributed by atoms with E-state index in [1.165, 1.54) is 12.8 Å². The van der Waals surface area contributed by atoms with E-state index < -0.39 is 0 Å². The fraction of sp³-hybridized carbons (Fsp3) is 0.533. The van der Waals surface area contributed by atoms with Gasteiger partial charge < -0.3 is 10.6 Å². The third-order valence-corrected chi connectivity index (χ3v) is 5.18. The van der Waals surface area contributed by atoms with Gasteiger partial charge in [0.15, 0.2) is 0 Å². The lowest BCUT2D eigenvalue weighted by Crippen LogP contribution is -2.38. The van der Waals surface area contributed by atoms with Crippen LogP contribution >= 0.6 is 35.0 Å². The lowest BCUT2D eigenvalue weighted by Gasteiger charge is -2.29. The van der Waals surface area contributed by atoms with Crippen LogP contribution < -0.4 is 5.73 Å². The van der Waals surface area contributed by atoms with Crippen LogP contribution in [-0.4, -0.2) is 29.9 Å². The second kappa shape index (κ2) is 6.62. The molecule has 2 N–H and O–H groups in total. The molecule has 0 spiro atoms. The van der Waals surface area contributed by atoms with Crippen molar-refractivity contribution in [3.8, 4) is 0 Å². The molecule has 0 aromatic heterocycles. The number of nitrogens with two attached hydrogens (primary N) is 1. The molecule has 1 amide bonds. The van der Waals surface area contributed by atoms with Gasteiger partial charge in [-0.2, -0.15) is 0 Å². The number of hydrogen-bond acceptors (Lipinski definition) is 2. The average Bonchev–Trinajstić information content (AvgIpc) is 2.83. The van der Waals surface area contributed by atoms with Crippen molar-refractivity contribution in [3.05, 3.63) is 33.4 Å². The van der Waals surface area contributed by atoms with Gasteiger partial charge in [-0.1, -0.05) is 12.5 Å². The minimum atomic E-state index is 0. The lowest BCUT2D eigenvalue weighted by atomic mass is 9.78. The molecule has 3 unspecified atom stereocenters. The molecule has 1 aromatic rings. The number of carbonyl (C=O) groups is 1. The van der Waals surface area contributed by atoms with Crippen LogP contribution in [-0.2, 0) is 0 Å². The van der Waals surface area contributed by atoms with Crippen molar-refractivity contribution in [2.24, 2.45) is 17.6 Å². The maximum absolute atomic E-state index is 12.5. The Morgan fingerprint density at radius 2 is 2.10 bits per heavy atom. The maximum atomic E-state index is 12.5. The Bertz CT molecular complexity index is 497. The number of amides is 1. The third-order valence-electron chi connectivity index (χ3n) is 4.51. The van der Waals surface area contributed by atoms with Crippen LogP contribution in [0.2, 0.25) is 0 Å². The smallest absolute Gasteiger partial charge is 0.253 e. The number of carbonyl (C=O) groups excluding carboxylic acids is 1. The Morgan fingerprint density at radius 1 is 1.30 bits per heavy atom. The molecule has 1 aliphatic heterocycles. The topological polar surface area (TPSA) is 46.3 Å². The Morgan fingerprint density at radius 3 is 2.80 bits per heavy atom. The van der Waals surface area contributed by atoms with E-state index in [0.29, 0.717) is 11.8 Å². The van der Waals surface area contributed by atoms with E-state index >= 15 is 0 Å². The van der Waals surface area contributed by atoms with Crippen molar-refractivity contribution in [1.29, 1.82) is 0 Å². The fourth-order valence-corrected chi connectivity index (χ4v) is 4.03. The van der Waals surface area contributed by atoms with Crippen LogP contribution in [0, 0.1) is 15.4 Å². The molecule has 2 fully saturated rings. The summed E-state index contributed by atoms with van der Waals surface area (Å²) in [6.45, 7) is 1.73. The average molecular weight is 407 g/mol. The van der Waals surface area contributed by atoms with Crippen molar-refractivity contribution >= 4 is 40.9 Å². The summed E-state index contributed by atoms with van der Waals surface area (Å²) < 4.78 is 1.11. The SMILES string of the molecule is Cl.NC1CCCC2CN(C(=O)c3cccc(I)c3)CC12. The van der Waals surface area contributed by atoms with Gasteiger partial charge in [0.05, 0.1) is 0 Å². The van der Waals surface area contributed by atoms with Gasteiger partial charge >= 0.3 is 0 Å². The van der Waals surface area contributed by atoms with E-state index in [0.717, 1.165) is 28.6 Å². The first-order chi connectivity index (χ1) is 9.15. The van der Waals surface area contributed by atoms with Crippen molar-refractivity contribution in [3.63, 3.8) is 0 Å². The Kier molecular flexibility index (Phi) is 5.31. The molecular weight excluding hydrogens is 387 g/mol. The first-order valence-corrected chi connectivity index (χ1v) is 8.03. The molecule has 0 radical (unpaired) electrons. The van der Waals surface area contributed by atoms with Crippen LogP contribution in [0.3, 0.4) is 0 Å². The molecule has 5 heteroatoms. The molecule has 1 aromatic carbocycles. The molecule has 1 saturated carbocycles. The monoisotopic (exact) mass is 406 g/mol. The normalized spacial score (nSPS) is 28.7. The molecule has 110 valence electrons. The second-order valence-electron chi connectivity index (χ2n) is 5.74. The van der Waals surface area contributed by atoms with Gasteiger partial charge in [-0.05, 0) is 65.5 Å². The number of halogens is 2. The number of fused-ring (bicyclic) bond motifs is 1. The maximum Gasteiger partial charge on any atom is 0.253 e. The van der Waals surface area contributed by atoms with Crippen molar-refractivity contribution < 1.29 is 4.79 Å². The van der Waals surface area contributed by atoms with E-state index in [2.05, 4.69) is 22.6 Å². The van der Waals surface area contributed by atoms with Crippen molar-refractivity contribution in [2.45, 2.75) is 25.3 Å². The van der Waals surface area contributed by atoms with Gasteiger partial charge in [0.2, 0.25) is 0 Å². The highest BCUT2D eigenvalue weighted by Gasteiger charge is 2.40. The largest absolute Gasteiger partial charge is 0.338 e. The zero-order valence-corrected chi connectivity index (χ0v) is 14.3. The van der Waals surface area contributed by atoms with Gasteiger partial charge in [0, 0.05) is 28.3 Å². The molecule has 3 atom stereocenters. The number of benzene rings is 1. The van der Waals surface area contributed by atoms with Crippen LogP contribution in [0.5, 0.6) is 0 Å². The quantitative estimate of drug-likeness (QED) is 0.729. The van der Waals surface area contributed by atoms with E-state index in [1.807, 2.05) is 29.2 Å². The number of hydrogen-bond donors (Lipinski definition) is 1. The summed E-state index contributed by atoms with van der Waals surface area (Å²) in [4.78, 5) is 14.5. The Balaban J connectivity index is 0.00000147. The van der Waals surface area contributed by atoms with Crippen LogP contribution in [0.15, 0.2) is 24.3 Å². The Labute approximate surface area is 139 Å². The number of nitrogens with zero attached hydrogens (tertiary/aromatic N) is 1. The van der Waals surface area contributed by atoms with E-state index in [1.54, 1.807) is 0 Å². The summed E-state index contributed by atoms with van der Waals surface area (Å²) in [5.41, 5.74) is 7.01. The first kappa shape index (κ1) is 16.0. The first-order valence-electron chi connectivity index (χ1n) is 6.95. The molecule has 20 heavy (non-hydrogen) atoms. The number of rotatable bonds is 1. The van der Waals surface area contributed by atoms with Crippen molar-refractivity contribution in [2.75, 3.05) is 13.1 Å². The van der Waals surface area contributed by atoms with Crippen LogP contribution in [0.4, 0.5) is 0 Å². The molecule has 1 heterocycles. The van der Waals surface area contributed by atoms with Crippen LogP contribution in [0.1, 0.15) is 29.6 Å². The van der Waals surface area contributed by atoms with E-state index in [9.17, 15) is 4.79 Å². The second-order valence-corrected chi connectivity index (χ2v) is 6.98. The summed E-state index contributed by atoms with van der Waals surface area (Å²) in [6.07, 6.45) is 3.56.